The molecule has 3 rings (SSSR count). The van der Waals surface area contributed by atoms with Gasteiger partial charge in [0.05, 0.1) is 6.54 Å². The Hall–Kier alpha value is -2.41. The van der Waals surface area contributed by atoms with Crippen LogP contribution in [0.25, 0.3) is 0 Å². The monoisotopic (exact) mass is 316 g/mol. The van der Waals surface area contributed by atoms with Crippen molar-refractivity contribution in [2.45, 2.75) is 39.3 Å². The molecule has 2 amide bonds. The van der Waals surface area contributed by atoms with Crippen molar-refractivity contribution in [1.82, 2.24) is 15.5 Å². The van der Waals surface area contributed by atoms with Gasteiger partial charge >= 0.3 is 6.03 Å². The fraction of sp³-hybridized carbons (Fsp3) is 0.438. The highest BCUT2D eigenvalue weighted by Gasteiger charge is 2.23. The van der Waals surface area contributed by atoms with Crippen molar-refractivity contribution in [3.63, 3.8) is 0 Å². The van der Waals surface area contributed by atoms with Crippen LogP contribution in [0.4, 0.5) is 10.5 Å². The number of rotatable bonds is 4. The lowest BCUT2D eigenvalue weighted by Gasteiger charge is -2.08. The predicted molar refractivity (Wildman–Crippen MR) is 84.0 cm³/mol. The molecule has 1 aliphatic heterocycles. The first-order chi connectivity index (χ1) is 11.1. The Bertz CT molecular complexity index is 672. The minimum Gasteiger partial charge on any atom is -0.368 e. The third-order valence-electron chi connectivity index (χ3n) is 3.58. The zero-order valence-electron chi connectivity index (χ0n) is 13.3. The number of hydrogen-bond acceptors (Lipinski definition) is 5. The lowest BCUT2D eigenvalue weighted by Crippen LogP contribution is -2.28. The van der Waals surface area contributed by atoms with Crippen molar-refractivity contribution in [3.05, 3.63) is 41.0 Å². The van der Waals surface area contributed by atoms with Crippen molar-refractivity contribution < 1.29 is 14.1 Å². The molecule has 2 heterocycles. The summed E-state index contributed by atoms with van der Waals surface area (Å²) in [6, 6.07) is 5.57. The minimum absolute atomic E-state index is 0.111. The molecule has 1 aliphatic rings. The number of ether oxygens (including phenoxy) is 1. The van der Waals surface area contributed by atoms with E-state index in [1.54, 1.807) is 0 Å². The van der Waals surface area contributed by atoms with Gasteiger partial charge < -0.3 is 19.9 Å². The Kier molecular flexibility index (Phi) is 4.57. The van der Waals surface area contributed by atoms with Crippen LogP contribution in [-0.2, 0) is 11.3 Å². The Labute approximate surface area is 134 Å². The first-order valence-corrected chi connectivity index (χ1v) is 7.67. The van der Waals surface area contributed by atoms with Gasteiger partial charge in [-0.05, 0) is 49.9 Å². The van der Waals surface area contributed by atoms with Gasteiger partial charge in [-0.2, -0.15) is 4.98 Å². The summed E-state index contributed by atoms with van der Waals surface area (Å²) in [5, 5.41) is 9.37. The molecule has 0 spiro atoms. The van der Waals surface area contributed by atoms with Crippen molar-refractivity contribution in [1.29, 1.82) is 0 Å². The molecule has 2 aromatic rings. The molecule has 0 radical (unpaired) electrons. The van der Waals surface area contributed by atoms with E-state index in [1.807, 2.05) is 26.0 Å². The van der Waals surface area contributed by atoms with Crippen LogP contribution in [0.15, 0.2) is 22.7 Å². The van der Waals surface area contributed by atoms with E-state index in [-0.39, 0.29) is 18.7 Å². The first kappa shape index (κ1) is 15.5. The number of amides is 2. The standard InChI is InChI=1S/C16H20N4O3/c1-10-6-11(2)8-12(7-10)18-16(21)17-9-14-19-15(23-20-14)13-4-3-5-22-13/h6-8,13H,3-5,9H2,1-2H3,(H2,17,18,21)/t13-/m1/s1. The number of benzene rings is 1. The SMILES string of the molecule is Cc1cc(C)cc(NC(=O)NCc2noc([C@H]3CCCO3)n2)c1. The molecule has 1 aromatic heterocycles. The number of anilines is 1. The topological polar surface area (TPSA) is 89.3 Å². The number of carbonyl (C=O) groups is 1. The van der Waals surface area contributed by atoms with Crippen LogP contribution in [0.2, 0.25) is 0 Å². The Morgan fingerprint density at radius 1 is 1.30 bits per heavy atom. The summed E-state index contributed by atoms with van der Waals surface area (Å²) in [6.45, 7) is 4.90. The molecule has 1 saturated heterocycles. The summed E-state index contributed by atoms with van der Waals surface area (Å²) in [5.74, 6) is 0.917. The van der Waals surface area contributed by atoms with Crippen LogP contribution in [0.5, 0.6) is 0 Å². The van der Waals surface area contributed by atoms with Gasteiger partial charge in [-0.25, -0.2) is 4.79 Å². The van der Waals surface area contributed by atoms with Crippen molar-refractivity contribution in [2.75, 3.05) is 11.9 Å². The van der Waals surface area contributed by atoms with E-state index in [0.29, 0.717) is 11.7 Å². The van der Waals surface area contributed by atoms with Crippen molar-refractivity contribution >= 4 is 11.7 Å². The maximum atomic E-state index is 11.9. The maximum absolute atomic E-state index is 11.9. The number of hydrogen-bond donors (Lipinski definition) is 2. The summed E-state index contributed by atoms with van der Waals surface area (Å²) >= 11 is 0. The van der Waals surface area contributed by atoms with Crippen molar-refractivity contribution in [3.8, 4) is 0 Å². The number of nitrogens with zero attached hydrogens (tertiary/aromatic N) is 2. The summed E-state index contributed by atoms with van der Waals surface area (Å²) in [4.78, 5) is 16.2. The lowest BCUT2D eigenvalue weighted by molar-refractivity contribution is 0.0835. The fourth-order valence-electron chi connectivity index (χ4n) is 2.62. The molecule has 122 valence electrons. The Morgan fingerprint density at radius 2 is 2.09 bits per heavy atom. The second-order valence-corrected chi connectivity index (χ2v) is 5.73. The second kappa shape index (κ2) is 6.78. The highest BCUT2D eigenvalue weighted by molar-refractivity contribution is 5.89. The first-order valence-electron chi connectivity index (χ1n) is 7.67. The van der Waals surface area contributed by atoms with E-state index >= 15 is 0 Å². The molecular formula is C16H20N4O3. The zero-order chi connectivity index (χ0) is 16.2. The molecule has 1 fully saturated rings. The van der Waals surface area contributed by atoms with Gasteiger partial charge in [0.2, 0.25) is 0 Å². The third kappa shape index (κ3) is 4.07. The Balaban J connectivity index is 1.52. The third-order valence-corrected chi connectivity index (χ3v) is 3.58. The summed E-state index contributed by atoms with van der Waals surface area (Å²) in [7, 11) is 0. The van der Waals surface area contributed by atoms with Gasteiger partial charge in [0.25, 0.3) is 5.89 Å². The number of urea groups is 1. The average Bonchev–Trinajstić information content (AvgIpc) is 3.15. The van der Waals surface area contributed by atoms with Gasteiger partial charge in [0, 0.05) is 12.3 Å². The largest absolute Gasteiger partial charge is 0.368 e. The van der Waals surface area contributed by atoms with E-state index in [2.05, 4.69) is 26.8 Å². The van der Waals surface area contributed by atoms with E-state index in [9.17, 15) is 4.79 Å². The molecule has 2 N–H and O–H groups in total. The van der Waals surface area contributed by atoms with E-state index < -0.39 is 0 Å². The summed E-state index contributed by atoms with van der Waals surface area (Å²) in [6.07, 6.45) is 1.78. The van der Waals surface area contributed by atoms with E-state index in [0.717, 1.165) is 36.3 Å². The quantitative estimate of drug-likeness (QED) is 0.905. The Morgan fingerprint density at radius 3 is 2.78 bits per heavy atom. The van der Waals surface area contributed by atoms with E-state index in [4.69, 9.17) is 9.26 Å². The van der Waals surface area contributed by atoms with Gasteiger partial charge in [0.1, 0.15) is 6.10 Å². The molecule has 0 saturated carbocycles. The van der Waals surface area contributed by atoms with Crippen LogP contribution in [0.1, 0.15) is 41.8 Å². The number of nitrogens with one attached hydrogen (secondary N) is 2. The lowest BCUT2D eigenvalue weighted by atomic mass is 10.1. The van der Waals surface area contributed by atoms with Gasteiger partial charge in [-0.15, -0.1) is 0 Å². The summed E-state index contributed by atoms with van der Waals surface area (Å²) < 4.78 is 10.7. The molecule has 7 nitrogen and oxygen atoms in total. The molecule has 23 heavy (non-hydrogen) atoms. The van der Waals surface area contributed by atoms with Crippen LogP contribution in [0, 0.1) is 13.8 Å². The van der Waals surface area contributed by atoms with Gasteiger partial charge in [-0.3, -0.25) is 0 Å². The normalized spacial score (nSPS) is 17.2. The molecular weight excluding hydrogens is 296 g/mol. The molecule has 0 unspecified atom stereocenters. The minimum atomic E-state index is -0.307. The number of carbonyl (C=O) groups excluding carboxylic acids is 1. The number of aromatic nitrogens is 2. The second-order valence-electron chi connectivity index (χ2n) is 5.73. The molecule has 1 aromatic carbocycles. The zero-order valence-corrected chi connectivity index (χ0v) is 13.3. The highest BCUT2D eigenvalue weighted by Crippen LogP contribution is 2.26. The average molecular weight is 316 g/mol. The van der Waals surface area contributed by atoms with Crippen LogP contribution in [-0.4, -0.2) is 22.8 Å². The fourth-order valence-corrected chi connectivity index (χ4v) is 2.62. The van der Waals surface area contributed by atoms with Crippen LogP contribution in [0.3, 0.4) is 0 Å². The maximum Gasteiger partial charge on any atom is 0.319 e. The predicted octanol–water partition coefficient (Wildman–Crippen LogP) is 2.86. The highest BCUT2D eigenvalue weighted by atomic mass is 16.5. The van der Waals surface area contributed by atoms with Crippen LogP contribution < -0.4 is 10.6 Å². The molecule has 1 atom stereocenters. The molecule has 0 bridgehead atoms. The van der Waals surface area contributed by atoms with Gasteiger partial charge in [-0.1, -0.05) is 11.2 Å². The summed E-state index contributed by atoms with van der Waals surface area (Å²) in [5.41, 5.74) is 2.95. The van der Waals surface area contributed by atoms with Crippen LogP contribution >= 0.6 is 0 Å². The van der Waals surface area contributed by atoms with E-state index in [1.165, 1.54) is 0 Å². The molecule has 0 aliphatic carbocycles. The molecule has 7 heteroatoms. The van der Waals surface area contributed by atoms with Gasteiger partial charge in [0.15, 0.2) is 5.82 Å². The van der Waals surface area contributed by atoms with Crippen molar-refractivity contribution in [2.24, 2.45) is 0 Å². The smallest absolute Gasteiger partial charge is 0.319 e. The number of aryl methyl sites for hydroxylation is 2.